The number of amides is 1. The normalized spacial score (nSPS) is 15.4. The maximum absolute atomic E-state index is 12.9. The van der Waals surface area contributed by atoms with Gasteiger partial charge in [0.15, 0.2) is 0 Å². The fourth-order valence-electron chi connectivity index (χ4n) is 3.30. The lowest BCUT2D eigenvalue weighted by molar-refractivity contribution is -0.133. The third-order valence-corrected chi connectivity index (χ3v) is 5.27. The molecule has 3 heterocycles. The Balaban J connectivity index is 1.65. The SMILES string of the molecule is CC1CCN(C(=O)Cn2cnc3onc(-c4ccc(Cl)cc4)c3c2=O)CC1. The van der Waals surface area contributed by atoms with Gasteiger partial charge in [-0.3, -0.25) is 14.2 Å². The molecule has 7 nitrogen and oxygen atoms in total. The highest BCUT2D eigenvalue weighted by molar-refractivity contribution is 6.30. The van der Waals surface area contributed by atoms with E-state index in [1.165, 1.54) is 10.9 Å². The number of fused-ring (bicyclic) bond motifs is 1. The van der Waals surface area contributed by atoms with Crippen molar-refractivity contribution in [3.63, 3.8) is 0 Å². The number of piperidine rings is 1. The van der Waals surface area contributed by atoms with Crippen molar-refractivity contribution in [2.45, 2.75) is 26.3 Å². The van der Waals surface area contributed by atoms with Gasteiger partial charge in [0.1, 0.15) is 24.0 Å². The number of carbonyl (C=O) groups excluding carboxylic acids is 1. The van der Waals surface area contributed by atoms with Crippen molar-refractivity contribution in [1.29, 1.82) is 0 Å². The minimum absolute atomic E-state index is 0.0403. The van der Waals surface area contributed by atoms with Crippen LogP contribution in [0.5, 0.6) is 0 Å². The summed E-state index contributed by atoms with van der Waals surface area (Å²) in [6.07, 6.45) is 3.32. The molecule has 1 aromatic carbocycles. The summed E-state index contributed by atoms with van der Waals surface area (Å²) in [6.45, 7) is 3.61. The van der Waals surface area contributed by atoms with Crippen molar-refractivity contribution in [2.24, 2.45) is 5.92 Å². The van der Waals surface area contributed by atoms with Crippen molar-refractivity contribution >= 4 is 28.6 Å². The van der Waals surface area contributed by atoms with E-state index in [-0.39, 0.29) is 29.1 Å². The average molecular weight is 387 g/mol. The van der Waals surface area contributed by atoms with E-state index in [1.54, 1.807) is 24.3 Å². The van der Waals surface area contributed by atoms with Gasteiger partial charge in [0.25, 0.3) is 11.3 Å². The lowest BCUT2D eigenvalue weighted by atomic mass is 9.99. The molecule has 27 heavy (non-hydrogen) atoms. The topological polar surface area (TPSA) is 81.2 Å². The van der Waals surface area contributed by atoms with E-state index in [0.717, 1.165) is 25.9 Å². The maximum Gasteiger partial charge on any atom is 0.267 e. The van der Waals surface area contributed by atoms with Crippen molar-refractivity contribution in [3.8, 4) is 11.3 Å². The summed E-state index contributed by atoms with van der Waals surface area (Å²) in [4.78, 5) is 31.5. The van der Waals surface area contributed by atoms with Gasteiger partial charge in [-0.15, -0.1) is 0 Å². The van der Waals surface area contributed by atoms with E-state index in [1.807, 2.05) is 4.90 Å². The van der Waals surface area contributed by atoms with E-state index >= 15 is 0 Å². The Morgan fingerprint density at radius 3 is 2.67 bits per heavy atom. The lowest BCUT2D eigenvalue weighted by Gasteiger charge is -2.30. The van der Waals surface area contributed by atoms with Crippen molar-refractivity contribution in [2.75, 3.05) is 13.1 Å². The molecule has 0 aliphatic carbocycles. The summed E-state index contributed by atoms with van der Waals surface area (Å²) < 4.78 is 6.52. The lowest BCUT2D eigenvalue weighted by Crippen LogP contribution is -2.41. The van der Waals surface area contributed by atoms with Gasteiger partial charge in [-0.05, 0) is 30.9 Å². The predicted molar refractivity (Wildman–Crippen MR) is 101 cm³/mol. The Bertz CT molecular complexity index is 1030. The summed E-state index contributed by atoms with van der Waals surface area (Å²) in [7, 11) is 0. The zero-order chi connectivity index (χ0) is 19.0. The van der Waals surface area contributed by atoms with Crippen molar-refractivity contribution in [1.82, 2.24) is 19.6 Å². The van der Waals surface area contributed by atoms with Crippen LogP contribution in [0.4, 0.5) is 0 Å². The number of hydrogen-bond donors (Lipinski definition) is 0. The molecule has 140 valence electrons. The molecule has 0 N–H and O–H groups in total. The van der Waals surface area contributed by atoms with Crippen LogP contribution in [-0.2, 0) is 11.3 Å². The standard InChI is InChI=1S/C19H19ClN4O3/c1-12-6-8-23(9-7-12)15(25)10-24-11-21-18-16(19(24)26)17(22-27-18)13-2-4-14(20)5-3-13/h2-5,11-12H,6-10H2,1H3. The Morgan fingerprint density at radius 2 is 1.96 bits per heavy atom. The van der Waals surface area contributed by atoms with Crippen LogP contribution in [0.15, 0.2) is 39.9 Å². The number of carbonyl (C=O) groups is 1. The molecule has 4 rings (SSSR count). The molecule has 0 bridgehead atoms. The van der Waals surface area contributed by atoms with Gasteiger partial charge in [0, 0.05) is 23.7 Å². The number of likely N-dealkylation sites (tertiary alicyclic amines) is 1. The van der Waals surface area contributed by atoms with Crippen molar-refractivity contribution < 1.29 is 9.32 Å². The van der Waals surface area contributed by atoms with Crippen LogP contribution < -0.4 is 5.56 Å². The maximum atomic E-state index is 12.9. The van der Waals surface area contributed by atoms with Gasteiger partial charge in [-0.1, -0.05) is 35.8 Å². The van der Waals surface area contributed by atoms with Crippen molar-refractivity contribution in [3.05, 3.63) is 46.0 Å². The molecule has 0 unspecified atom stereocenters. The molecule has 3 aromatic rings. The summed E-state index contributed by atoms with van der Waals surface area (Å²) in [6, 6.07) is 6.95. The van der Waals surface area contributed by atoms with Gasteiger partial charge in [0.05, 0.1) is 0 Å². The monoisotopic (exact) mass is 386 g/mol. The van der Waals surface area contributed by atoms with Crippen LogP contribution in [0.1, 0.15) is 19.8 Å². The Labute approximate surface area is 160 Å². The molecule has 1 aliphatic heterocycles. The molecule has 1 aliphatic rings. The summed E-state index contributed by atoms with van der Waals surface area (Å²) in [5.74, 6) is 0.559. The number of nitrogens with zero attached hydrogens (tertiary/aromatic N) is 4. The first-order chi connectivity index (χ1) is 13.0. The number of benzene rings is 1. The second-order valence-corrected chi connectivity index (χ2v) is 7.40. The number of halogens is 1. The van der Waals surface area contributed by atoms with E-state index in [2.05, 4.69) is 17.1 Å². The predicted octanol–water partition coefficient (Wildman–Crippen LogP) is 2.96. The van der Waals surface area contributed by atoms with E-state index in [9.17, 15) is 9.59 Å². The van der Waals surface area contributed by atoms with Gasteiger partial charge in [-0.25, -0.2) is 4.98 Å². The number of hydrogen-bond acceptors (Lipinski definition) is 5. The van der Waals surface area contributed by atoms with Crippen LogP contribution in [0.25, 0.3) is 22.4 Å². The second kappa shape index (κ2) is 7.15. The number of rotatable bonds is 3. The minimum atomic E-state index is -0.343. The third kappa shape index (κ3) is 3.47. The fourth-order valence-corrected chi connectivity index (χ4v) is 3.43. The van der Waals surface area contributed by atoms with E-state index in [0.29, 0.717) is 22.2 Å². The van der Waals surface area contributed by atoms with E-state index in [4.69, 9.17) is 16.1 Å². The molecule has 0 atom stereocenters. The van der Waals surface area contributed by atoms with Gasteiger partial charge >= 0.3 is 0 Å². The van der Waals surface area contributed by atoms with Gasteiger partial charge in [-0.2, -0.15) is 0 Å². The first-order valence-corrected chi connectivity index (χ1v) is 9.29. The molecule has 0 spiro atoms. The second-order valence-electron chi connectivity index (χ2n) is 6.96. The quantitative estimate of drug-likeness (QED) is 0.691. The molecule has 8 heteroatoms. The molecule has 1 fully saturated rings. The van der Waals surface area contributed by atoms with Crippen LogP contribution in [0.3, 0.4) is 0 Å². The number of aromatic nitrogens is 3. The molecule has 1 saturated heterocycles. The largest absolute Gasteiger partial charge is 0.341 e. The van der Waals surface area contributed by atoms with Crippen LogP contribution in [-0.4, -0.2) is 38.6 Å². The van der Waals surface area contributed by atoms with Gasteiger partial charge in [0.2, 0.25) is 5.91 Å². The highest BCUT2D eigenvalue weighted by Gasteiger charge is 2.22. The first kappa shape index (κ1) is 17.7. The Hall–Kier alpha value is -2.67. The first-order valence-electron chi connectivity index (χ1n) is 8.91. The molecule has 0 radical (unpaired) electrons. The molecule has 0 saturated carbocycles. The summed E-state index contributed by atoms with van der Waals surface area (Å²) in [5, 5.41) is 4.84. The fraction of sp³-hybridized carbons (Fsp3) is 0.368. The molecule has 1 amide bonds. The summed E-state index contributed by atoms with van der Waals surface area (Å²) >= 11 is 5.92. The highest BCUT2D eigenvalue weighted by Crippen LogP contribution is 2.25. The molecular weight excluding hydrogens is 368 g/mol. The summed E-state index contributed by atoms with van der Waals surface area (Å²) in [5.41, 5.74) is 0.907. The van der Waals surface area contributed by atoms with Crippen LogP contribution in [0.2, 0.25) is 5.02 Å². The van der Waals surface area contributed by atoms with E-state index < -0.39 is 0 Å². The average Bonchev–Trinajstić information content (AvgIpc) is 3.10. The zero-order valence-electron chi connectivity index (χ0n) is 14.9. The van der Waals surface area contributed by atoms with Crippen LogP contribution >= 0.6 is 11.6 Å². The smallest absolute Gasteiger partial charge is 0.267 e. The Kier molecular flexibility index (Phi) is 4.70. The third-order valence-electron chi connectivity index (χ3n) is 5.02. The minimum Gasteiger partial charge on any atom is -0.341 e. The zero-order valence-corrected chi connectivity index (χ0v) is 15.6. The molecular formula is C19H19ClN4O3. The van der Waals surface area contributed by atoms with Crippen LogP contribution in [0, 0.1) is 5.92 Å². The highest BCUT2D eigenvalue weighted by atomic mass is 35.5. The Morgan fingerprint density at radius 1 is 1.26 bits per heavy atom. The van der Waals surface area contributed by atoms with Gasteiger partial charge < -0.3 is 9.42 Å². The molecule has 2 aromatic heterocycles.